The molecule has 4 rings (SSSR count). The van der Waals surface area contributed by atoms with Crippen LogP contribution in [0.4, 0.5) is 0 Å². The van der Waals surface area contributed by atoms with Crippen LogP contribution in [0.1, 0.15) is 53.9 Å². The minimum absolute atomic E-state index is 0.153. The molecule has 0 aliphatic carbocycles. The van der Waals surface area contributed by atoms with Crippen LogP contribution < -0.4 is 4.74 Å². The molecule has 2 aromatic rings. The van der Waals surface area contributed by atoms with E-state index in [0.29, 0.717) is 18.0 Å². The first-order valence-corrected chi connectivity index (χ1v) is 13.3. The summed E-state index contributed by atoms with van der Waals surface area (Å²) in [6, 6.07) is 10.4. The smallest absolute Gasteiger partial charge is 0.290 e. The molecule has 188 valence electrons. The minimum atomic E-state index is -0.629. The van der Waals surface area contributed by atoms with Crippen molar-refractivity contribution >= 4 is 23.0 Å². The van der Waals surface area contributed by atoms with E-state index in [1.807, 2.05) is 29.6 Å². The van der Waals surface area contributed by atoms with E-state index in [1.54, 1.807) is 17.0 Å². The van der Waals surface area contributed by atoms with E-state index < -0.39 is 17.7 Å². The first-order valence-electron chi connectivity index (χ1n) is 12.4. The molecule has 1 fully saturated rings. The van der Waals surface area contributed by atoms with Crippen molar-refractivity contribution in [2.45, 2.75) is 38.6 Å². The highest BCUT2D eigenvalue weighted by atomic mass is 32.1. The fraction of sp³-hybridized carbons (Fsp3) is 0.481. The maximum atomic E-state index is 13.4. The second-order valence-electron chi connectivity index (χ2n) is 8.90. The lowest BCUT2D eigenvalue weighted by molar-refractivity contribution is -0.129. The molecule has 1 aromatic heterocycles. The average molecular weight is 499 g/mol. The lowest BCUT2D eigenvalue weighted by atomic mass is 9.95. The van der Waals surface area contributed by atoms with Crippen LogP contribution in [0.25, 0.3) is 0 Å². The van der Waals surface area contributed by atoms with E-state index in [0.717, 1.165) is 69.8 Å². The predicted molar refractivity (Wildman–Crippen MR) is 136 cm³/mol. The summed E-state index contributed by atoms with van der Waals surface area (Å²) < 4.78 is 11.3. The first-order chi connectivity index (χ1) is 17.1. The molecule has 8 heteroatoms. The van der Waals surface area contributed by atoms with Gasteiger partial charge in [0, 0.05) is 26.2 Å². The van der Waals surface area contributed by atoms with Gasteiger partial charge in [0.2, 0.25) is 5.78 Å². The lowest BCUT2D eigenvalue weighted by Gasteiger charge is -2.30. The van der Waals surface area contributed by atoms with Gasteiger partial charge in [0.05, 0.1) is 36.3 Å². The fourth-order valence-corrected chi connectivity index (χ4v) is 5.26. The zero-order chi connectivity index (χ0) is 24.6. The quantitative estimate of drug-likeness (QED) is 0.340. The van der Waals surface area contributed by atoms with Crippen molar-refractivity contribution in [3.05, 3.63) is 63.6 Å². The largest absolute Gasteiger partial charge is 0.503 e. The van der Waals surface area contributed by atoms with Gasteiger partial charge in [-0.2, -0.15) is 0 Å². The highest BCUT2D eigenvalue weighted by Crippen LogP contribution is 2.40. The van der Waals surface area contributed by atoms with Crippen LogP contribution in [0, 0.1) is 0 Å². The van der Waals surface area contributed by atoms with Crippen molar-refractivity contribution in [3.8, 4) is 5.75 Å². The van der Waals surface area contributed by atoms with Crippen molar-refractivity contribution in [1.82, 2.24) is 9.80 Å². The van der Waals surface area contributed by atoms with E-state index in [4.69, 9.17) is 9.47 Å². The summed E-state index contributed by atoms with van der Waals surface area (Å²) in [5, 5.41) is 12.6. The number of amides is 1. The van der Waals surface area contributed by atoms with E-state index in [-0.39, 0.29) is 11.4 Å². The van der Waals surface area contributed by atoms with Crippen molar-refractivity contribution in [3.63, 3.8) is 0 Å². The molecule has 1 saturated heterocycles. The Hall–Kier alpha value is -2.68. The maximum Gasteiger partial charge on any atom is 0.290 e. The molecule has 7 nitrogen and oxygen atoms in total. The molecular weight excluding hydrogens is 464 g/mol. The summed E-state index contributed by atoms with van der Waals surface area (Å²) in [4.78, 5) is 30.9. The highest BCUT2D eigenvalue weighted by Gasteiger charge is 2.43. The summed E-state index contributed by atoms with van der Waals surface area (Å²) in [7, 11) is 0. The third kappa shape index (κ3) is 6.12. The van der Waals surface area contributed by atoms with Crippen LogP contribution in [-0.4, -0.2) is 72.6 Å². The van der Waals surface area contributed by atoms with Gasteiger partial charge >= 0.3 is 0 Å². The Morgan fingerprint density at radius 2 is 1.89 bits per heavy atom. The van der Waals surface area contributed by atoms with Crippen molar-refractivity contribution in [1.29, 1.82) is 0 Å². The van der Waals surface area contributed by atoms with Gasteiger partial charge < -0.3 is 19.5 Å². The molecule has 1 unspecified atom stereocenters. The van der Waals surface area contributed by atoms with Crippen molar-refractivity contribution in [2.24, 2.45) is 0 Å². The van der Waals surface area contributed by atoms with Gasteiger partial charge in [-0.1, -0.05) is 38.0 Å². The van der Waals surface area contributed by atoms with Crippen LogP contribution >= 0.6 is 11.3 Å². The van der Waals surface area contributed by atoms with Gasteiger partial charge in [-0.25, -0.2) is 0 Å². The van der Waals surface area contributed by atoms with Crippen LogP contribution in [0.2, 0.25) is 0 Å². The number of hydrogen-bond acceptors (Lipinski definition) is 7. The van der Waals surface area contributed by atoms with Gasteiger partial charge in [0.15, 0.2) is 5.76 Å². The SMILES string of the molecule is CCCCCOc1ccc(C2C(C(=O)c3cccs3)=C(O)C(=O)N2CCCN2CCOCC2)cc1. The number of benzene rings is 1. The standard InChI is InChI=1S/C27H34N2O5S/c1-2-3-4-16-34-21-10-8-20(9-11-21)24-23(25(30)22-7-5-19-35-22)26(31)27(32)29(24)13-6-12-28-14-17-33-18-15-28/h5,7-11,19,24,31H,2-4,6,12-18H2,1H3. The molecule has 0 spiro atoms. The Labute approximate surface area is 210 Å². The molecule has 1 atom stereocenters. The number of unbranched alkanes of at least 4 members (excludes halogenated alkanes) is 2. The number of ether oxygens (including phenoxy) is 2. The molecular formula is C27H34N2O5S. The van der Waals surface area contributed by atoms with E-state index in [2.05, 4.69) is 11.8 Å². The number of aliphatic hydroxyl groups is 1. The van der Waals surface area contributed by atoms with E-state index >= 15 is 0 Å². The van der Waals surface area contributed by atoms with Crippen molar-refractivity contribution in [2.75, 3.05) is 46.0 Å². The summed E-state index contributed by atoms with van der Waals surface area (Å²) in [6.45, 7) is 7.29. The van der Waals surface area contributed by atoms with Crippen LogP contribution in [0.15, 0.2) is 53.1 Å². The zero-order valence-electron chi connectivity index (χ0n) is 20.3. The van der Waals surface area contributed by atoms with Crippen molar-refractivity contribution < 1.29 is 24.2 Å². The first kappa shape index (κ1) is 25.4. The number of morpholine rings is 1. The summed E-state index contributed by atoms with van der Waals surface area (Å²) in [5.41, 5.74) is 0.940. The Balaban J connectivity index is 1.53. The predicted octanol–water partition coefficient (Wildman–Crippen LogP) is 4.62. The number of rotatable bonds is 12. The number of carbonyl (C=O) groups is 2. The third-order valence-electron chi connectivity index (χ3n) is 6.48. The molecule has 1 amide bonds. The molecule has 35 heavy (non-hydrogen) atoms. The van der Waals surface area contributed by atoms with Gasteiger partial charge in [0.25, 0.3) is 5.91 Å². The Morgan fingerprint density at radius 1 is 1.11 bits per heavy atom. The van der Waals surface area contributed by atoms with Gasteiger partial charge in [-0.15, -0.1) is 11.3 Å². The summed E-state index contributed by atoms with van der Waals surface area (Å²) in [5.74, 6) is -0.477. The molecule has 0 radical (unpaired) electrons. The van der Waals surface area contributed by atoms with E-state index in [1.165, 1.54) is 11.3 Å². The topological polar surface area (TPSA) is 79.3 Å². The van der Waals surface area contributed by atoms with Crippen LogP contribution in [0.3, 0.4) is 0 Å². The number of carbonyl (C=O) groups excluding carboxylic acids is 2. The molecule has 3 heterocycles. The number of aliphatic hydroxyl groups excluding tert-OH is 1. The number of Topliss-reactive ketones (excluding diaryl/α,β-unsaturated/α-hetero) is 1. The Morgan fingerprint density at radius 3 is 2.57 bits per heavy atom. The molecule has 2 aliphatic rings. The second kappa shape index (κ2) is 12.3. The number of hydrogen-bond donors (Lipinski definition) is 1. The molecule has 0 bridgehead atoms. The van der Waals surface area contributed by atoms with Crippen LogP contribution in [-0.2, 0) is 9.53 Å². The molecule has 1 N–H and O–H groups in total. The van der Waals surface area contributed by atoms with Gasteiger partial charge in [-0.05, 0) is 42.0 Å². The number of nitrogens with zero attached hydrogens (tertiary/aromatic N) is 2. The molecule has 2 aliphatic heterocycles. The highest BCUT2D eigenvalue weighted by molar-refractivity contribution is 7.12. The Bertz CT molecular complexity index is 1010. The van der Waals surface area contributed by atoms with Gasteiger partial charge in [-0.3, -0.25) is 14.5 Å². The number of thiophene rings is 1. The summed E-state index contributed by atoms with van der Waals surface area (Å²) >= 11 is 1.31. The Kier molecular flexibility index (Phi) is 8.95. The maximum absolute atomic E-state index is 13.4. The fourth-order valence-electron chi connectivity index (χ4n) is 4.58. The second-order valence-corrected chi connectivity index (χ2v) is 9.85. The van der Waals surface area contributed by atoms with Crippen LogP contribution in [0.5, 0.6) is 5.75 Å². The lowest BCUT2D eigenvalue weighted by Crippen LogP contribution is -2.39. The van der Waals surface area contributed by atoms with E-state index in [9.17, 15) is 14.7 Å². The zero-order valence-corrected chi connectivity index (χ0v) is 21.1. The molecule has 1 aromatic carbocycles. The summed E-state index contributed by atoms with van der Waals surface area (Å²) in [6.07, 6.45) is 4.01. The monoisotopic (exact) mass is 498 g/mol. The average Bonchev–Trinajstić information content (AvgIpc) is 3.51. The van der Waals surface area contributed by atoms with Gasteiger partial charge in [0.1, 0.15) is 5.75 Å². The normalized spacial score (nSPS) is 18.9. The number of ketones is 1. The third-order valence-corrected chi connectivity index (χ3v) is 7.35. The minimum Gasteiger partial charge on any atom is -0.503 e. The molecule has 0 saturated carbocycles.